The largest absolute Gasteiger partial charge is 0.393 e. The van der Waals surface area contributed by atoms with Crippen molar-refractivity contribution in [2.45, 2.75) is 24.3 Å². The van der Waals surface area contributed by atoms with E-state index in [1.54, 1.807) is 11.8 Å². The van der Waals surface area contributed by atoms with Gasteiger partial charge in [0.05, 0.1) is 12.6 Å². The van der Waals surface area contributed by atoms with E-state index in [0.29, 0.717) is 19.0 Å². The van der Waals surface area contributed by atoms with E-state index in [0.717, 1.165) is 25.3 Å². The predicted octanol–water partition coefficient (Wildman–Crippen LogP) is 1.60. The van der Waals surface area contributed by atoms with E-state index in [-0.39, 0.29) is 12.0 Å². The maximum atomic E-state index is 11.9. The molecule has 2 rings (SSSR count). The second-order valence-corrected chi connectivity index (χ2v) is 6.70. The highest BCUT2D eigenvalue weighted by Gasteiger charge is 2.26. The Kier molecular flexibility index (Phi) is 6.54. The monoisotopic (exact) mass is 308 g/mol. The number of rotatable bonds is 7. The van der Waals surface area contributed by atoms with Crippen LogP contribution < -0.4 is 5.32 Å². The molecule has 0 spiro atoms. The molecule has 116 valence electrons. The molecule has 0 bridgehead atoms. The van der Waals surface area contributed by atoms with Crippen LogP contribution in [0, 0.1) is 5.92 Å². The number of benzene rings is 1. The number of thioether (sulfide) groups is 1. The molecule has 0 aliphatic carbocycles. The van der Waals surface area contributed by atoms with Crippen molar-refractivity contribution < 1.29 is 9.90 Å². The third-order valence-corrected chi connectivity index (χ3v) is 4.81. The van der Waals surface area contributed by atoms with Crippen LogP contribution >= 0.6 is 11.8 Å². The van der Waals surface area contributed by atoms with Gasteiger partial charge in [-0.25, -0.2) is 0 Å². The molecule has 1 fully saturated rings. The molecular formula is C16H24N2O2S. The summed E-state index contributed by atoms with van der Waals surface area (Å²) in [5, 5.41) is 12.5. The van der Waals surface area contributed by atoms with Gasteiger partial charge in [0.2, 0.25) is 5.91 Å². The summed E-state index contributed by atoms with van der Waals surface area (Å²) in [5.74, 6) is 1.27. The Bertz CT molecular complexity index is 439. The summed E-state index contributed by atoms with van der Waals surface area (Å²) in [6.07, 6.45) is 0.703. The third-order valence-electron chi connectivity index (χ3n) is 3.79. The Labute approximate surface area is 130 Å². The first-order valence-corrected chi connectivity index (χ1v) is 8.48. The summed E-state index contributed by atoms with van der Waals surface area (Å²) in [7, 11) is 0. The van der Waals surface area contributed by atoms with E-state index in [1.165, 1.54) is 4.90 Å². The second kappa shape index (κ2) is 8.41. The zero-order valence-electron chi connectivity index (χ0n) is 12.5. The topological polar surface area (TPSA) is 52.6 Å². The first-order chi connectivity index (χ1) is 10.1. The quantitative estimate of drug-likeness (QED) is 0.593. The lowest BCUT2D eigenvalue weighted by Crippen LogP contribution is -2.37. The van der Waals surface area contributed by atoms with Crippen LogP contribution in [-0.2, 0) is 4.79 Å². The second-order valence-electron chi connectivity index (χ2n) is 5.54. The molecule has 1 amide bonds. The molecule has 1 aromatic carbocycles. The molecule has 0 radical (unpaired) electrons. The maximum Gasteiger partial charge on any atom is 0.234 e. The summed E-state index contributed by atoms with van der Waals surface area (Å²) in [6.45, 7) is 4.69. The van der Waals surface area contributed by atoms with Gasteiger partial charge in [0.25, 0.3) is 0 Å². The van der Waals surface area contributed by atoms with Gasteiger partial charge >= 0.3 is 0 Å². The fourth-order valence-corrected chi connectivity index (χ4v) is 3.32. The Balaban J connectivity index is 1.58. The van der Waals surface area contributed by atoms with E-state index in [2.05, 4.69) is 22.3 Å². The molecule has 1 aliphatic rings. The lowest BCUT2D eigenvalue weighted by molar-refractivity contribution is -0.121. The molecule has 1 saturated heterocycles. The van der Waals surface area contributed by atoms with Gasteiger partial charge in [-0.2, -0.15) is 0 Å². The van der Waals surface area contributed by atoms with Crippen LogP contribution in [0.3, 0.4) is 0 Å². The number of aliphatic hydroxyl groups excluding tert-OH is 1. The van der Waals surface area contributed by atoms with Gasteiger partial charge in [-0.05, 0) is 37.9 Å². The average molecular weight is 308 g/mol. The van der Waals surface area contributed by atoms with Gasteiger partial charge in [0, 0.05) is 23.7 Å². The third kappa shape index (κ3) is 5.69. The number of aliphatic hydroxyl groups is 1. The standard InChI is InChI=1S/C16H24N2O2S/c1-13(19)14-7-9-18(11-14)12-16(20)17-8-10-21-15-5-3-2-4-6-15/h2-6,13-14,19H,7-12H2,1H3,(H,17,20). The summed E-state index contributed by atoms with van der Waals surface area (Å²) < 4.78 is 0. The first-order valence-electron chi connectivity index (χ1n) is 7.50. The van der Waals surface area contributed by atoms with Crippen molar-refractivity contribution in [3.05, 3.63) is 30.3 Å². The van der Waals surface area contributed by atoms with E-state index in [1.807, 2.05) is 25.1 Å². The highest BCUT2D eigenvalue weighted by atomic mass is 32.2. The normalized spacial score (nSPS) is 20.4. The highest BCUT2D eigenvalue weighted by molar-refractivity contribution is 7.99. The van der Waals surface area contributed by atoms with Crippen molar-refractivity contribution in [2.24, 2.45) is 5.92 Å². The van der Waals surface area contributed by atoms with Crippen molar-refractivity contribution in [3.8, 4) is 0 Å². The van der Waals surface area contributed by atoms with Crippen LogP contribution in [0.15, 0.2) is 35.2 Å². The minimum atomic E-state index is -0.277. The number of hydrogen-bond donors (Lipinski definition) is 2. The molecule has 5 heteroatoms. The molecule has 1 aromatic rings. The van der Waals surface area contributed by atoms with E-state index in [4.69, 9.17) is 0 Å². The van der Waals surface area contributed by atoms with Crippen molar-refractivity contribution in [1.29, 1.82) is 0 Å². The van der Waals surface area contributed by atoms with E-state index >= 15 is 0 Å². The summed E-state index contributed by atoms with van der Waals surface area (Å²) in [5.41, 5.74) is 0. The molecule has 2 atom stereocenters. The fourth-order valence-electron chi connectivity index (χ4n) is 2.54. The van der Waals surface area contributed by atoms with Gasteiger partial charge in [-0.1, -0.05) is 18.2 Å². The Morgan fingerprint density at radius 1 is 1.48 bits per heavy atom. The van der Waals surface area contributed by atoms with Gasteiger partial charge < -0.3 is 10.4 Å². The molecule has 1 heterocycles. The van der Waals surface area contributed by atoms with Crippen LogP contribution in [0.2, 0.25) is 0 Å². The lowest BCUT2D eigenvalue weighted by Gasteiger charge is -2.16. The van der Waals surface area contributed by atoms with Crippen LogP contribution in [0.4, 0.5) is 0 Å². The minimum absolute atomic E-state index is 0.0786. The van der Waals surface area contributed by atoms with Crippen LogP contribution in [0.25, 0.3) is 0 Å². The predicted molar refractivity (Wildman–Crippen MR) is 86.4 cm³/mol. The van der Waals surface area contributed by atoms with Crippen molar-refractivity contribution in [1.82, 2.24) is 10.2 Å². The summed E-state index contributed by atoms with van der Waals surface area (Å²) in [6, 6.07) is 10.2. The molecule has 1 aliphatic heterocycles. The number of carbonyl (C=O) groups is 1. The highest BCUT2D eigenvalue weighted by Crippen LogP contribution is 2.19. The zero-order chi connectivity index (χ0) is 15.1. The Hall–Kier alpha value is -1.04. The summed E-state index contributed by atoms with van der Waals surface area (Å²) in [4.78, 5) is 15.2. The van der Waals surface area contributed by atoms with Crippen molar-refractivity contribution >= 4 is 17.7 Å². The number of nitrogens with one attached hydrogen (secondary N) is 1. The molecular weight excluding hydrogens is 284 g/mol. The lowest BCUT2D eigenvalue weighted by atomic mass is 10.0. The zero-order valence-corrected chi connectivity index (χ0v) is 13.3. The van der Waals surface area contributed by atoms with Gasteiger partial charge in [0.1, 0.15) is 0 Å². The van der Waals surface area contributed by atoms with Gasteiger partial charge in [0.15, 0.2) is 0 Å². The van der Waals surface area contributed by atoms with Gasteiger partial charge in [-0.15, -0.1) is 11.8 Å². The maximum absolute atomic E-state index is 11.9. The molecule has 2 unspecified atom stereocenters. The number of hydrogen-bond acceptors (Lipinski definition) is 4. The molecule has 0 aromatic heterocycles. The fraction of sp³-hybridized carbons (Fsp3) is 0.562. The van der Waals surface area contributed by atoms with E-state index < -0.39 is 0 Å². The SMILES string of the molecule is CC(O)C1CCN(CC(=O)NCCSc2ccccc2)C1. The number of carbonyl (C=O) groups excluding carboxylic acids is 1. The smallest absolute Gasteiger partial charge is 0.234 e. The number of amides is 1. The average Bonchev–Trinajstić information content (AvgIpc) is 2.93. The summed E-state index contributed by atoms with van der Waals surface area (Å²) >= 11 is 1.75. The first kappa shape index (κ1) is 16.3. The van der Waals surface area contributed by atoms with Crippen LogP contribution in [-0.4, -0.2) is 53.9 Å². The minimum Gasteiger partial charge on any atom is -0.393 e. The Morgan fingerprint density at radius 3 is 2.90 bits per heavy atom. The molecule has 0 saturated carbocycles. The number of nitrogens with zero attached hydrogens (tertiary/aromatic N) is 1. The van der Waals surface area contributed by atoms with Crippen LogP contribution in [0.1, 0.15) is 13.3 Å². The van der Waals surface area contributed by atoms with Crippen LogP contribution in [0.5, 0.6) is 0 Å². The Morgan fingerprint density at radius 2 is 2.24 bits per heavy atom. The molecule has 4 nitrogen and oxygen atoms in total. The molecule has 2 N–H and O–H groups in total. The number of likely N-dealkylation sites (tertiary alicyclic amines) is 1. The van der Waals surface area contributed by atoms with Crippen molar-refractivity contribution in [2.75, 3.05) is 31.9 Å². The van der Waals surface area contributed by atoms with Crippen molar-refractivity contribution in [3.63, 3.8) is 0 Å². The van der Waals surface area contributed by atoms with E-state index in [9.17, 15) is 9.90 Å². The van der Waals surface area contributed by atoms with Gasteiger partial charge in [-0.3, -0.25) is 9.69 Å². The molecule has 21 heavy (non-hydrogen) atoms.